The fraction of sp³-hybridized carbons (Fsp3) is 0.375. The lowest BCUT2D eigenvalue weighted by atomic mass is 10.1. The minimum absolute atomic E-state index is 0.0412. The Bertz CT molecular complexity index is 1090. The summed E-state index contributed by atoms with van der Waals surface area (Å²) in [6, 6.07) is 11.1. The highest BCUT2D eigenvalue weighted by Crippen LogP contribution is 2.33. The van der Waals surface area contributed by atoms with Crippen molar-refractivity contribution in [1.82, 2.24) is 9.55 Å². The predicted molar refractivity (Wildman–Crippen MR) is 125 cm³/mol. The average molecular weight is 439 g/mol. The Hall–Kier alpha value is -3.39. The average Bonchev–Trinajstić information content (AvgIpc) is 3.05. The maximum absolute atomic E-state index is 12.9. The minimum Gasteiger partial charge on any atom is -0.464 e. The standard InChI is InChI=1S/C24H30N4O4/c1-15(2)13-28-22(24(31)32-4)21(27-20(30)10-17-8-6-5-7-9-17)19-11-18(12-25-23(19)28)26-16(3)14-29/h5-9,11-12,15-16,26,29H,10,13-14H2,1-4H3,(H,27,30)/t16-/m1/s1. The highest BCUT2D eigenvalue weighted by molar-refractivity contribution is 6.11. The molecule has 3 N–H and O–H groups in total. The summed E-state index contributed by atoms with van der Waals surface area (Å²) in [5.41, 5.74) is 2.76. The Kier molecular flexibility index (Phi) is 7.48. The number of pyridine rings is 1. The molecule has 1 aromatic carbocycles. The topological polar surface area (TPSA) is 105 Å². The first-order chi connectivity index (χ1) is 15.3. The van der Waals surface area contributed by atoms with Gasteiger partial charge in [0.15, 0.2) is 5.69 Å². The van der Waals surface area contributed by atoms with Gasteiger partial charge in [-0.1, -0.05) is 44.2 Å². The fourth-order valence-corrected chi connectivity index (χ4v) is 3.58. The maximum Gasteiger partial charge on any atom is 0.356 e. The molecule has 32 heavy (non-hydrogen) atoms. The Labute approximate surface area is 187 Å². The number of hydrogen-bond acceptors (Lipinski definition) is 6. The summed E-state index contributed by atoms with van der Waals surface area (Å²) in [6.07, 6.45) is 1.83. The summed E-state index contributed by atoms with van der Waals surface area (Å²) < 4.78 is 6.85. The SMILES string of the molecule is COC(=O)c1c(NC(=O)Cc2ccccc2)c2cc(N[C@H](C)CO)cnc2n1CC(C)C. The molecule has 0 aliphatic heterocycles. The molecule has 1 atom stereocenters. The summed E-state index contributed by atoms with van der Waals surface area (Å²) in [7, 11) is 1.32. The summed E-state index contributed by atoms with van der Waals surface area (Å²) in [5, 5.41) is 16.1. The third-order valence-electron chi connectivity index (χ3n) is 4.98. The number of carbonyl (C=O) groups excluding carboxylic acids is 2. The van der Waals surface area contributed by atoms with Crippen molar-refractivity contribution in [2.45, 2.75) is 39.8 Å². The number of anilines is 2. The zero-order valence-electron chi connectivity index (χ0n) is 18.9. The number of amides is 1. The van der Waals surface area contributed by atoms with E-state index in [0.29, 0.717) is 29.0 Å². The second-order valence-electron chi connectivity index (χ2n) is 8.25. The van der Waals surface area contributed by atoms with Crippen LogP contribution in [0.5, 0.6) is 0 Å². The molecule has 0 fully saturated rings. The molecule has 0 radical (unpaired) electrons. The third-order valence-corrected chi connectivity index (χ3v) is 4.98. The van der Waals surface area contributed by atoms with Gasteiger partial charge in [-0.2, -0.15) is 0 Å². The van der Waals surface area contributed by atoms with Crippen LogP contribution in [0.2, 0.25) is 0 Å². The largest absolute Gasteiger partial charge is 0.464 e. The molecule has 3 aromatic rings. The molecule has 0 aliphatic rings. The van der Waals surface area contributed by atoms with Crippen LogP contribution in [0.3, 0.4) is 0 Å². The fourth-order valence-electron chi connectivity index (χ4n) is 3.58. The van der Waals surface area contributed by atoms with Gasteiger partial charge in [-0.05, 0) is 24.5 Å². The van der Waals surface area contributed by atoms with Crippen molar-refractivity contribution in [2.24, 2.45) is 5.92 Å². The number of methoxy groups -OCH3 is 1. The summed E-state index contributed by atoms with van der Waals surface area (Å²) in [4.78, 5) is 30.2. The number of hydrogen-bond donors (Lipinski definition) is 3. The number of aliphatic hydroxyl groups excluding tert-OH is 1. The van der Waals surface area contributed by atoms with Crippen molar-refractivity contribution >= 4 is 34.3 Å². The number of nitrogens with one attached hydrogen (secondary N) is 2. The van der Waals surface area contributed by atoms with Crippen LogP contribution in [0.15, 0.2) is 42.6 Å². The van der Waals surface area contributed by atoms with Gasteiger partial charge in [0.2, 0.25) is 5.91 Å². The summed E-state index contributed by atoms with van der Waals surface area (Å²) in [5.74, 6) is -0.556. The second kappa shape index (κ2) is 10.3. The second-order valence-corrected chi connectivity index (χ2v) is 8.25. The quantitative estimate of drug-likeness (QED) is 0.442. The van der Waals surface area contributed by atoms with E-state index >= 15 is 0 Å². The van der Waals surface area contributed by atoms with Crippen molar-refractivity contribution in [1.29, 1.82) is 0 Å². The van der Waals surface area contributed by atoms with E-state index in [1.807, 2.05) is 57.2 Å². The van der Waals surface area contributed by atoms with Crippen LogP contribution in [-0.2, 0) is 22.5 Å². The summed E-state index contributed by atoms with van der Waals surface area (Å²) in [6.45, 7) is 6.41. The number of ether oxygens (including phenoxy) is 1. The molecule has 2 aromatic heterocycles. The van der Waals surface area contributed by atoms with E-state index in [1.165, 1.54) is 7.11 Å². The maximum atomic E-state index is 12.9. The Morgan fingerprint density at radius 1 is 1.19 bits per heavy atom. The number of aromatic nitrogens is 2. The highest BCUT2D eigenvalue weighted by atomic mass is 16.5. The van der Waals surface area contributed by atoms with Crippen LogP contribution in [0.4, 0.5) is 11.4 Å². The number of aliphatic hydroxyl groups is 1. The van der Waals surface area contributed by atoms with Crippen LogP contribution in [0.1, 0.15) is 36.8 Å². The molecular weight excluding hydrogens is 408 g/mol. The number of benzene rings is 1. The molecule has 0 saturated heterocycles. The monoisotopic (exact) mass is 438 g/mol. The molecule has 8 heteroatoms. The Balaban J connectivity index is 2.11. The van der Waals surface area contributed by atoms with E-state index in [4.69, 9.17) is 4.74 Å². The zero-order chi connectivity index (χ0) is 23.3. The third kappa shape index (κ3) is 5.26. The number of nitrogens with zero attached hydrogens (tertiary/aromatic N) is 2. The normalized spacial score (nSPS) is 12.1. The van der Waals surface area contributed by atoms with Gasteiger partial charge in [0.05, 0.1) is 37.7 Å². The van der Waals surface area contributed by atoms with E-state index in [9.17, 15) is 14.7 Å². The highest BCUT2D eigenvalue weighted by Gasteiger charge is 2.26. The molecule has 0 unspecified atom stereocenters. The number of rotatable bonds is 9. The molecule has 3 rings (SSSR count). The lowest BCUT2D eigenvalue weighted by Crippen LogP contribution is -2.19. The molecule has 2 heterocycles. The van der Waals surface area contributed by atoms with Gasteiger partial charge in [0.25, 0.3) is 0 Å². The predicted octanol–water partition coefficient (Wildman–Crippen LogP) is 3.45. The van der Waals surface area contributed by atoms with Crippen molar-refractivity contribution in [3.63, 3.8) is 0 Å². The Morgan fingerprint density at radius 3 is 2.53 bits per heavy atom. The van der Waals surface area contributed by atoms with Crippen molar-refractivity contribution in [3.8, 4) is 0 Å². The Morgan fingerprint density at radius 2 is 1.91 bits per heavy atom. The first-order valence-corrected chi connectivity index (χ1v) is 10.7. The summed E-state index contributed by atoms with van der Waals surface area (Å²) >= 11 is 0. The van der Waals surface area contributed by atoms with Gasteiger partial charge >= 0.3 is 5.97 Å². The van der Waals surface area contributed by atoms with Gasteiger partial charge in [0.1, 0.15) is 5.65 Å². The van der Waals surface area contributed by atoms with E-state index in [-0.39, 0.29) is 36.6 Å². The van der Waals surface area contributed by atoms with Crippen molar-refractivity contribution in [3.05, 3.63) is 53.9 Å². The van der Waals surface area contributed by atoms with Gasteiger partial charge in [-0.25, -0.2) is 9.78 Å². The van der Waals surface area contributed by atoms with Gasteiger partial charge < -0.3 is 25.0 Å². The minimum atomic E-state index is -0.545. The lowest BCUT2D eigenvalue weighted by molar-refractivity contribution is -0.115. The van der Waals surface area contributed by atoms with Gasteiger partial charge in [-0.15, -0.1) is 0 Å². The number of fused-ring (bicyclic) bond motifs is 1. The number of esters is 1. The van der Waals surface area contributed by atoms with E-state index in [1.54, 1.807) is 10.8 Å². The molecule has 170 valence electrons. The first kappa shape index (κ1) is 23.3. The van der Waals surface area contributed by atoms with Crippen molar-refractivity contribution < 1.29 is 19.4 Å². The van der Waals surface area contributed by atoms with Crippen LogP contribution >= 0.6 is 0 Å². The van der Waals surface area contributed by atoms with Crippen LogP contribution in [-0.4, -0.2) is 46.3 Å². The molecule has 1 amide bonds. The number of carbonyl (C=O) groups is 2. The van der Waals surface area contributed by atoms with Crippen LogP contribution in [0.25, 0.3) is 11.0 Å². The van der Waals surface area contributed by atoms with Crippen LogP contribution in [0, 0.1) is 5.92 Å². The molecule has 0 spiro atoms. The lowest BCUT2D eigenvalue weighted by Gasteiger charge is -2.13. The van der Waals surface area contributed by atoms with E-state index < -0.39 is 5.97 Å². The molecule has 8 nitrogen and oxygen atoms in total. The van der Waals surface area contributed by atoms with Gasteiger partial charge in [0, 0.05) is 18.0 Å². The molecular formula is C24H30N4O4. The van der Waals surface area contributed by atoms with E-state index in [2.05, 4.69) is 15.6 Å². The van der Waals surface area contributed by atoms with Crippen LogP contribution < -0.4 is 10.6 Å². The van der Waals surface area contributed by atoms with Gasteiger partial charge in [-0.3, -0.25) is 4.79 Å². The smallest absolute Gasteiger partial charge is 0.356 e. The van der Waals surface area contributed by atoms with E-state index in [0.717, 1.165) is 5.56 Å². The first-order valence-electron chi connectivity index (χ1n) is 10.7. The molecule has 0 aliphatic carbocycles. The molecule has 0 bridgehead atoms. The van der Waals surface area contributed by atoms with Crippen molar-refractivity contribution in [2.75, 3.05) is 24.4 Å². The molecule has 0 saturated carbocycles. The zero-order valence-corrected chi connectivity index (χ0v) is 18.9.